The van der Waals surface area contributed by atoms with Crippen molar-refractivity contribution in [2.24, 2.45) is 10.9 Å². The van der Waals surface area contributed by atoms with Crippen LogP contribution >= 0.6 is 24.0 Å². The van der Waals surface area contributed by atoms with Crippen LogP contribution in [0.2, 0.25) is 0 Å². The summed E-state index contributed by atoms with van der Waals surface area (Å²) >= 11 is 0. The van der Waals surface area contributed by atoms with E-state index >= 15 is 0 Å². The van der Waals surface area contributed by atoms with E-state index in [0.717, 1.165) is 38.6 Å². The first-order chi connectivity index (χ1) is 12.8. The molecular weight excluding hydrogens is 453 g/mol. The number of guanidine groups is 1. The monoisotopic (exact) mass is 485 g/mol. The third kappa shape index (κ3) is 10.3. The molecule has 0 bridgehead atoms. The number of nitrogens with zero attached hydrogens (tertiary/aromatic N) is 3. The third-order valence-electron chi connectivity index (χ3n) is 3.86. The lowest BCUT2D eigenvalue weighted by atomic mass is 10.2. The summed E-state index contributed by atoms with van der Waals surface area (Å²) in [5.74, 6) is 1.24. The molecule has 0 amide bonds. The predicted octanol–water partition coefficient (Wildman–Crippen LogP) is 3.30. The van der Waals surface area contributed by atoms with Crippen LogP contribution in [-0.4, -0.2) is 41.8 Å². The number of imidazole rings is 1. The highest BCUT2D eigenvalue weighted by Crippen LogP contribution is 2.03. The summed E-state index contributed by atoms with van der Waals surface area (Å²) in [5, 5.41) is 6.68. The molecule has 0 spiro atoms. The zero-order valence-electron chi connectivity index (χ0n) is 16.3. The Labute approximate surface area is 179 Å². The van der Waals surface area contributed by atoms with Gasteiger partial charge in [0.15, 0.2) is 5.96 Å². The van der Waals surface area contributed by atoms with Crippen LogP contribution in [0.3, 0.4) is 0 Å². The number of ether oxygens (including phenoxy) is 1. The zero-order chi connectivity index (χ0) is 18.5. The minimum absolute atomic E-state index is 0. The number of halogens is 1. The summed E-state index contributed by atoms with van der Waals surface area (Å²) in [7, 11) is 0. The van der Waals surface area contributed by atoms with Crippen LogP contribution in [0, 0.1) is 5.92 Å². The number of hydrogen-bond donors (Lipinski definition) is 2. The molecule has 2 rings (SSSR count). The van der Waals surface area contributed by atoms with Gasteiger partial charge in [-0.15, -0.1) is 24.0 Å². The normalized spacial score (nSPS) is 12.3. The van der Waals surface area contributed by atoms with Crippen molar-refractivity contribution in [1.29, 1.82) is 0 Å². The van der Waals surface area contributed by atoms with Crippen molar-refractivity contribution >= 4 is 29.9 Å². The molecule has 1 unspecified atom stereocenters. The minimum atomic E-state index is 0. The highest BCUT2D eigenvalue weighted by molar-refractivity contribution is 14.0. The van der Waals surface area contributed by atoms with Crippen LogP contribution in [0.15, 0.2) is 54.0 Å². The second kappa shape index (κ2) is 14.4. The fourth-order valence-electron chi connectivity index (χ4n) is 2.48. The van der Waals surface area contributed by atoms with E-state index in [9.17, 15) is 0 Å². The third-order valence-corrected chi connectivity index (χ3v) is 3.86. The van der Waals surface area contributed by atoms with Gasteiger partial charge < -0.3 is 19.9 Å². The smallest absolute Gasteiger partial charge is 0.191 e. The van der Waals surface area contributed by atoms with E-state index in [4.69, 9.17) is 4.74 Å². The summed E-state index contributed by atoms with van der Waals surface area (Å²) in [6.07, 6.45) is 6.66. The van der Waals surface area contributed by atoms with Crippen molar-refractivity contribution in [3.63, 3.8) is 0 Å². The van der Waals surface area contributed by atoms with Crippen LogP contribution in [0.4, 0.5) is 0 Å². The molecule has 0 aliphatic heterocycles. The van der Waals surface area contributed by atoms with Crippen LogP contribution in [0.25, 0.3) is 0 Å². The number of aryl methyl sites for hydroxylation is 1. The fraction of sp³-hybridized carbons (Fsp3) is 0.500. The second-order valence-corrected chi connectivity index (χ2v) is 6.41. The maximum absolute atomic E-state index is 5.79. The SMILES string of the molecule is CCNC(=NCC(C)COCc1ccccc1)NCCCn1ccnc1.I. The van der Waals surface area contributed by atoms with E-state index in [2.05, 4.69) is 51.2 Å². The molecule has 2 N–H and O–H groups in total. The molecule has 1 atom stereocenters. The molecule has 6 nitrogen and oxygen atoms in total. The van der Waals surface area contributed by atoms with Crippen molar-refractivity contribution in [3.8, 4) is 0 Å². The molecule has 1 heterocycles. The molecule has 1 aromatic heterocycles. The Morgan fingerprint density at radius 1 is 1.26 bits per heavy atom. The Morgan fingerprint density at radius 2 is 2.07 bits per heavy atom. The number of aliphatic imine (C=N–C) groups is 1. The number of rotatable bonds is 11. The maximum atomic E-state index is 5.79. The van der Waals surface area contributed by atoms with Gasteiger partial charge in [0.05, 0.1) is 19.5 Å². The van der Waals surface area contributed by atoms with E-state index in [1.165, 1.54) is 5.56 Å². The molecule has 0 aliphatic carbocycles. The zero-order valence-corrected chi connectivity index (χ0v) is 18.6. The topological polar surface area (TPSA) is 63.5 Å². The summed E-state index contributed by atoms with van der Waals surface area (Å²) in [6.45, 7) is 9.03. The Kier molecular flexibility index (Phi) is 12.5. The van der Waals surface area contributed by atoms with Crippen molar-refractivity contribution in [3.05, 3.63) is 54.6 Å². The van der Waals surface area contributed by atoms with Crippen molar-refractivity contribution in [2.45, 2.75) is 33.4 Å². The average Bonchev–Trinajstić information content (AvgIpc) is 3.17. The van der Waals surface area contributed by atoms with Crippen LogP contribution < -0.4 is 10.6 Å². The van der Waals surface area contributed by atoms with E-state index in [-0.39, 0.29) is 24.0 Å². The van der Waals surface area contributed by atoms with E-state index in [1.54, 1.807) is 6.20 Å². The molecule has 1 aromatic carbocycles. The van der Waals surface area contributed by atoms with E-state index in [1.807, 2.05) is 30.7 Å². The number of hydrogen-bond acceptors (Lipinski definition) is 3. The molecule has 0 fully saturated rings. The van der Waals surface area contributed by atoms with Gasteiger partial charge in [-0.1, -0.05) is 37.3 Å². The molecule has 7 heteroatoms. The van der Waals surface area contributed by atoms with Gasteiger partial charge in [-0.05, 0) is 24.8 Å². The first-order valence-electron chi connectivity index (χ1n) is 9.37. The predicted molar refractivity (Wildman–Crippen MR) is 122 cm³/mol. The van der Waals surface area contributed by atoms with Gasteiger partial charge in [0.25, 0.3) is 0 Å². The minimum Gasteiger partial charge on any atom is -0.376 e. The lowest BCUT2D eigenvalue weighted by Crippen LogP contribution is -2.38. The molecule has 0 saturated carbocycles. The number of benzene rings is 1. The highest BCUT2D eigenvalue weighted by atomic mass is 127. The van der Waals surface area contributed by atoms with Gasteiger partial charge in [-0.3, -0.25) is 4.99 Å². The molecule has 2 aromatic rings. The number of nitrogens with one attached hydrogen (secondary N) is 2. The van der Waals surface area contributed by atoms with Gasteiger partial charge in [-0.25, -0.2) is 4.98 Å². The molecule has 0 radical (unpaired) electrons. The maximum Gasteiger partial charge on any atom is 0.191 e. The summed E-state index contributed by atoms with van der Waals surface area (Å²) in [4.78, 5) is 8.72. The van der Waals surface area contributed by atoms with Crippen LogP contribution in [0.5, 0.6) is 0 Å². The molecule has 150 valence electrons. The van der Waals surface area contributed by atoms with Gasteiger partial charge in [0.1, 0.15) is 0 Å². The summed E-state index contributed by atoms with van der Waals surface area (Å²) < 4.78 is 7.88. The molecular formula is C20H32IN5O. The largest absolute Gasteiger partial charge is 0.376 e. The van der Waals surface area contributed by atoms with Gasteiger partial charge in [0, 0.05) is 38.6 Å². The first-order valence-corrected chi connectivity index (χ1v) is 9.37. The summed E-state index contributed by atoms with van der Waals surface area (Å²) in [6, 6.07) is 10.3. The van der Waals surface area contributed by atoms with Gasteiger partial charge in [-0.2, -0.15) is 0 Å². The Bertz CT molecular complexity index is 619. The quantitative estimate of drug-likeness (QED) is 0.222. The van der Waals surface area contributed by atoms with E-state index in [0.29, 0.717) is 19.1 Å². The van der Waals surface area contributed by atoms with Gasteiger partial charge >= 0.3 is 0 Å². The Morgan fingerprint density at radius 3 is 2.78 bits per heavy atom. The van der Waals surface area contributed by atoms with Crippen molar-refractivity contribution in [2.75, 3.05) is 26.2 Å². The van der Waals surface area contributed by atoms with Gasteiger partial charge in [0.2, 0.25) is 0 Å². The van der Waals surface area contributed by atoms with Crippen LogP contribution in [0.1, 0.15) is 25.8 Å². The van der Waals surface area contributed by atoms with E-state index < -0.39 is 0 Å². The summed E-state index contributed by atoms with van der Waals surface area (Å²) in [5.41, 5.74) is 1.20. The second-order valence-electron chi connectivity index (χ2n) is 6.41. The first kappa shape index (κ1) is 23.4. The fourth-order valence-corrected chi connectivity index (χ4v) is 2.48. The van der Waals surface area contributed by atoms with Crippen molar-refractivity contribution < 1.29 is 4.74 Å². The standard InChI is InChI=1S/C20H31N5O.HI/c1-3-22-20(23-10-7-12-25-13-11-21-17-25)24-14-18(2)15-26-16-19-8-5-4-6-9-19;/h4-6,8-9,11,13,17-18H,3,7,10,12,14-16H2,1-2H3,(H2,22,23,24);1H. The highest BCUT2D eigenvalue weighted by Gasteiger charge is 2.04. The lowest BCUT2D eigenvalue weighted by Gasteiger charge is -2.14. The molecule has 27 heavy (non-hydrogen) atoms. The number of aromatic nitrogens is 2. The van der Waals surface area contributed by atoms with Crippen molar-refractivity contribution in [1.82, 2.24) is 20.2 Å². The molecule has 0 saturated heterocycles. The Hall–Kier alpha value is -1.61. The van der Waals surface area contributed by atoms with Crippen LogP contribution in [-0.2, 0) is 17.9 Å². The lowest BCUT2D eigenvalue weighted by molar-refractivity contribution is 0.0945. The molecule has 0 aliphatic rings. The Balaban J connectivity index is 0.00000364. The average molecular weight is 485 g/mol.